The van der Waals surface area contributed by atoms with E-state index in [1.54, 1.807) is 6.08 Å². The van der Waals surface area contributed by atoms with Crippen LogP contribution in [-0.4, -0.2) is 58.5 Å². The van der Waals surface area contributed by atoms with E-state index in [1.165, 1.54) is 5.56 Å². The SMILES string of the molecule is CCCNC(=O)/C=C1\CCCC[C@@H]1n1cnc(C(=O)N2CCNC[C@H]2Cc2ccccc2)c1-c1ccccc1. The number of aromatic nitrogens is 2. The number of nitrogens with one attached hydrogen (secondary N) is 2. The molecule has 1 saturated carbocycles. The fourth-order valence-electron chi connectivity index (χ4n) is 5.84. The van der Waals surface area contributed by atoms with Crippen LogP contribution in [0.15, 0.2) is 78.6 Å². The standard InChI is InChI=1S/C32H39N5O2/c1-2-17-34-29(38)21-26-15-9-10-16-28(26)37-23-35-30(31(37)25-13-7-4-8-14-25)32(39)36-19-18-33-22-27(36)20-24-11-5-3-6-12-24/h3-8,11-14,21,23,27-28,33H,2,9-10,15-20,22H2,1H3,(H,34,38)/b26-21+/t27-,28+/m1/s1. The first-order valence-corrected chi connectivity index (χ1v) is 14.3. The second kappa shape index (κ2) is 12.9. The van der Waals surface area contributed by atoms with Crippen molar-refractivity contribution in [2.45, 2.75) is 57.5 Å². The van der Waals surface area contributed by atoms with Crippen molar-refractivity contribution in [3.05, 3.63) is 89.9 Å². The Morgan fingerprint density at radius 2 is 1.85 bits per heavy atom. The van der Waals surface area contributed by atoms with Gasteiger partial charge < -0.3 is 20.1 Å². The topological polar surface area (TPSA) is 79.3 Å². The van der Waals surface area contributed by atoms with Gasteiger partial charge in [-0.05, 0) is 43.2 Å². The Morgan fingerprint density at radius 1 is 1.08 bits per heavy atom. The molecule has 0 radical (unpaired) electrons. The van der Waals surface area contributed by atoms with E-state index in [0.29, 0.717) is 18.8 Å². The average Bonchev–Trinajstić information content (AvgIpc) is 3.42. The molecule has 2 aromatic carbocycles. The van der Waals surface area contributed by atoms with Crippen LogP contribution in [0.25, 0.3) is 11.3 Å². The Bertz CT molecular complexity index is 1280. The molecule has 2 N–H and O–H groups in total. The van der Waals surface area contributed by atoms with Crippen LogP contribution in [-0.2, 0) is 11.2 Å². The van der Waals surface area contributed by atoms with Crippen molar-refractivity contribution in [1.82, 2.24) is 25.1 Å². The predicted octanol–water partition coefficient (Wildman–Crippen LogP) is 4.77. The third kappa shape index (κ3) is 6.31. The van der Waals surface area contributed by atoms with E-state index in [0.717, 1.165) is 68.4 Å². The van der Waals surface area contributed by atoms with Crippen molar-refractivity contribution in [3.63, 3.8) is 0 Å². The molecule has 7 heteroatoms. The zero-order valence-electron chi connectivity index (χ0n) is 22.8. The van der Waals surface area contributed by atoms with E-state index in [2.05, 4.69) is 34.3 Å². The van der Waals surface area contributed by atoms with Gasteiger partial charge >= 0.3 is 0 Å². The van der Waals surface area contributed by atoms with Gasteiger partial charge in [-0.3, -0.25) is 9.59 Å². The molecule has 2 amide bonds. The molecule has 1 aromatic heterocycles. The first-order valence-electron chi connectivity index (χ1n) is 14.3. The van der Waals surface area contributed by atoms with Gasteiger partial charge in [0.2, 0.25) is 5.91 Å². The summed E-state index contributed by atoms with van der Waals surface area (Å²) in [5.74, 6) is -0.0712. The third-order valence-electron chi connectivity index (χ3n) is 7.79. The van der Waals surface area contributed by atoms with Gasteiger partial charge in [0.15, 0.2) is 5.69 Å². The van der Waals surface area contributed by atoms with Crippen LogP contribution in [0.4, 0.5) is 0 Å². The van der Waals surface area contributed by atoms with E-state index in [4.69, 9.17) is 4.98 Å². The normalized spacial score (nSPS) is 20.6. The molecule has 0 unspecified atom stereocenters. The molecule has 2 fully saturated rings. The molecule has 1 saturated heterocycles. The van der Waals surface area contributed by atoms with Crippen LogP contribution in [0.2, 0.25) is 0 Å². The Balaban J connectivity index is 1.50. The quantitative estimate of drug-likeness (QED) is 0.415. The van der Waals surface area contributed by atoms with E-state index < -0.39 is 0 Å². The molecule has 2 atom stereocenters. The van der Waals surface area contributed by atoms with Gasteiger partial charge in [0, 0.05) is 43.9 Å². The Morgan fingerprint density at radius 3 is 2.62 bits per heavy atom. The minimum atomic E-state index is -0.0407. The van der Waals surface area contributed by atoms with Crippen LogP contribution in [0.5, 0.6) is 0 Å². The van der Waals surface area contributed by atoms with E-state index in [-0.39, 0.29) is 23.9 Å². The molecular weight excluding hydrogens is 486 g/mol. The molecule has 5 rings (SSSR count). The monoisotopic (exact) mass is 525 g/mol. The molecule has 1 aliphatic carbocycles. The first kappa shape index (κ1) is 26.9. The molecule has 0 bridgehead atoms. The maximum atomic E-state index is 14.2. The summed E-state index contributed by atoms with van der Waals surface area (Å²) in [5, 5.41) is 6.45. The van der Waals surface area contributed by atoms with Crippen LogP contribution in [0.3, 0.4) is 0 Å². The predicted molar refractivity (Wildman–Crippen MR) is 154 cm³/mol. The summed E-state index contributed by atoms with van der Waals surface area (Å²) in [6.07, 6.45) is 9.22. The molecule has 39 heavy (non-hydrogen) atoms. The molecule has 2 aliphatic rings. The van der Waals surface area contributed by atoms with E-state index in [1.807, 2.05) is 59.8 Å². The van der Waals surface area contributed by atoms with Crippen LogP contribution in [0.1, 0.15) is 61.1 Å². The summed E-state index contributed by atoms with van der Waals surface area (Å²) in [7, 11) is 0. The van der Waals surface area contributed by atoms with Gasteiger partial charge in [0.1, 0.15) is 0 Å². The molecule has 0 spiro atoms. The van der Waals surface area contributed by atoms with Gasteiger partial charge in [-0.1, -0.05) is 74.0 Å². The highest BCUT2D eigenvalue weighted by atomic mass is 16.2. The van der Waals surface area contributed by atoms with Crippen molar-refractivity contribution < 1.29 is 9.59 Å². The lowest BCUT2D eigenvalue weighted by Crippen LogP contribution is -2.54. The minimum absolute atomic E-state index is 0.00137. The maximum absolute atomic E-state index is 14.2. The van der Waals surface area contributed by atoms with Crippen molar-refractivity contribution in [2.75, 3.05) is 26.2 Å². The second-order valence-electron chi connectivity index (χ2n) is 10.5. The number of carbonyl (C=O) groups is 2. The molecule has 204 valence electrons. The van der Waals surface area contributed by atoms with Gasteiger partial charge in [-0.15, -0.1) is 0 Å². The summed E-state index contributed by atoms with van der Waals surface area (Å²) in [4.78, 5) is 33.6. The van der Waals surface area contributed by atoms with E-state index >= 15 is 0 Å². The van der Waals surface area contributed by atoms with Gasteiger partial charge in [-0.25, -0.2) is 4.98 Å². The number of imidazole rings is 1. The molecule has 7 nitrogen and oxygen atoms in total. The highest BCUT2D eigenvalue weighted by Gasteiger charge is 2.33. The number of carbonyl (C=O) groups excluding carboxylic acids is 2. The number of amides is 2. The van der Waals surface area contributed by atoms with Crippen LogP contribution >= 0.6 is 0 Å². The first-order chi connectivity index (χ1) is 19.2. The number of piperazine rings is 1. The van der Waals surface area contributed by atoms with Crippen LogP contribution in [0, 0.1) is 0 Å². The summed E-state index contributed by atoms with van der Waals surface area (Å²) >= 11 is 0. The summed E-state index contributed by atoms with van der Waals surface area (Å²) in [6.45, 7) is 4.88. The Kier molecular flexibility index (Phi) is 8.89. The average molecular weight is 526 g/mol. The highest BCUT2D eigenvalue weighted by Crippen LogP contribution is 2.38. The van der Waals surface area contributed by atoms with Crippen molar-refractivity contribution in [2.24, 2.45) is 0 Å². The van der Waals surface area contributed by atoms with Crippen LogP contribution < -0.4 is 10.6 Å². The largest absolute Gasteiger partial charge is 0.353 e. The van der Waals surface area contributed by atoms with Gasteiger partial charge in [0.05, 0.1) is 18.1 Å². The molecule has 2 heterocycles. The molecule has 1 aliphatic heterocycles. The van der Waals surface area contributed by atoms with Gasteiger partial charge in [0.25, 0.3) is 5.91 Å². The van der Waals surface area contributed by atoms with E-state index in [9.17, 15) is 9.59 Å². The second-order valence-corrected chi connectivity index (χ2v) is 10.5. The van der Waals surface area contributed by atoms with Crippen molar-refractivity contribution >= 4 is 11.8 Å². The Labute approximate surface area is 231 Å². The lowest BCUT2D eigenvalue weighted by atomic mass is 9.88. The number of allylic oxidation sites excluding steroid dienone is 1. The third-order valence-corrected chi connectivity index (χ3v) is 7.79. The maximum Gasteiger partial charge on any atom is 0.275 e. The van der Waals surface area contributed by atoms with Crippen molar-refractivity contribution in [3.8, 4) is 11.3 Å². The molecular formula is C32H39N5O2. The fourth-order valence-corrected chi connectivity index (χ4v) is 5.84. The summed E-state index contributed by atoms with van der Waals surface area (Å²) < 4.78 is 2.15. The molecule has 3 aromatic rings. The smallest absolute Gasteiger partial charge is 0.275 e. The number of benzene rings is 2. The summed E-state index contributed by atoms with van der Waals surface area (Å²) in [5.41, 5.74) is 4.61. The number of hydrogen-bond donors (Lipinski definition) is 2. The highest BCUT2D eigenvalue weighted by molar-refractivity contribution is 5.98. The number of hydrogen-bond acceptors (Lipinski definition) is 4. The minimum Gasteiger partial charge on any atom is -0.353 e. The van der Waals surface area contributed by atoms with Gasteiger partial charge in [-0.2, -0.15) is 0 Å². The zero-order valence-corrected chi connectivity index (χ0v) is 22.8. The zero-order chi connectivity index (χ0) is 27.0. The fraction of sp³-hybridized carbons (Fsp3) is 0.406. The number of nitrogens with zero attached hydrogens (tertiary/aromatic N) is 3. The van der Waals surface area contributed by atoms with Crippen molar-refractivity contribution in [1.29, 1.82) is 0 Å². The lowest BCUT2D eigenvalue weighted by Gasteiger charge is -2.36. The lowest BCUT2D eigenvalue weighted by molar-refractivity contribution is -0.116. The Hall–Kier alpha value is -3.71. The summed E-state index contributed by atoms with van der Waals surface area (Å²) in [6, 6.07) is 20.5. The number of rotatable bonds is 8.